The van der Waals surface area contributed by atoms with E-state index in [9.17, 15) is 9.59 Å². The molecule has 2 unspecified atom stereocenters. The Morgan fingerprint density at radius 3 is 2.36 bits per heavy atom. The minimum Gasteiger partial charge on any atom is -0.465 e. The van der Waals surface area contributed by atoms with Crippen molar-refractivity contribution >= 4 is 17.6 Å². The summed E-state index contributed by atoms with van der Waals surface area (Å²) in [6.07, 6.45) is 0.662. The van der Waals surface area contributed by atoms with Crippen LogP contribution in [0.5, 0.6) is 0 Å². The fraction of sp³-hybridized carbons (Fsp3) is 0.263. The normalized spacial score (nSPS) is 19.4. The second-order valence-electron chi connectivity index (χ2n) is 6.10. The molecule has 0 saturated carbocycles. The number of anilines is 1. The second kappa shape index (κ2) is 7.46. The molecule has 6 nitrogen and oxygen atoms in total. The molecule has 1 aliphatic heterocycles. The lowest BCUT2D eigenvalue weighted by atomic mass is 10.0. The van der Waals surface area contributed by atoms with Gasteiger partial charge in [-0.05, 0) is 43.2 Å². The number of amides is 1. The second-order valence-corrected chi connectivity index (χ2v) is 6.10. The Morgan fingerprint density at radius 1 is 1.04 bits per heavy atom. The smallest absolute Gasteiger partial charge is 0.337 e. The quantitative estimate of drug-likeness (QED) is 0.745. The Hall–Kier alpha value is -2.70. The van der Waals surface area contributed by atoms with Gasteiger partial charge in [-0.25, -0.2) is 15.6 Å². The summed E-state index contributed by atoms with van der Waals surface area (Å²) in [4.78, 5) is 23.8. The van der Waals surface area contributed by atoms with E-state index in [-0.39, 0.29) is 18.0 Å². The Bertz CT molecular complexity index is 756. The number of ether oxygens (including phenoxy) is 1. The van der Waals surface area contributed by atoms with Crippen LogP contribution in [-0.4, -0.2) is 25.0 Å². The zero-order valence-electron chi connectivity index (χ0n) is 14.2. The Labute approximate surface area is 146 Å². The molecular formula is C19H21N3O3. The molecule has 2 aromatic rings. The molecule has 3 N–H and O–H groups in total. The van der Waals surface area contributed by atoms with E-state index in [2.05, 4.69) is 45.2 Å². The van der Waals surface area contributed by atoms with Crippen LogP contribution in [0.2, 0.25) is 0 Å². The lowest BCUT2D eigenvalue weighted by Gasteiger charge is -2.11. The van der Waals surface area contributed by atoms with Gasteiger partial charge in [-0.15, -0.1) is 0 Å². The van der Waals surface area contributed by atoms with Crippen molar-refractivity contribution in [3.63, 3.8) is 0 Å². The molecule has 0 aromatic heterocycles. The number of carbonyl (C=O) groups is 2. The van der Waals surface area contributed by atoms with E-state index < -0.39 is 5.97 Å². The molecule has 2 aromatic carbocycles. The van der Waals surface area contributed by atoms with Gasteiger partial charge in [-0.1, -0.05) is 29.8 Å². The van der Waals surface area contributed by atoms with E-state index >= 15 is 0 Å². The van der Waals surface area contributed by atoms with Crippen LogP contribution in [0.1, 0.15) is 33.9 Å². The van der Waals surface area contributed by atoms with Gasteiger partial charge < -0.3 is 10.1 Å². The Kier molecular flexibility index (Phi) is 5.11. The average Bonchev–Trinajstić information content (AvgIpc) is 3.12. The minimum atomic E-state index is -0.402. The van der Waals surface area contributed by atoms with Crippen molar-refractivity contribution in [2.24, 2.45) is 0 Å². The summed E-state index contributed by atoms with van der Waals surface area (Å²) < 4.78 is 4.66. The number of benzene rings is 2. The predicted octanol–water partition coefficient (Wildman–Crippen LogP) is 2.33. The summed E-state index contributed by atoms with van der Waals surface area (Å²) in [5.41, 5.74) is 9.65. The number of hydrogen-bond acceptors (Lipinski definition) is 5. The van der Waals surface area contributed by atoms with E-state index in [0.717, 1.165) is 5.56 Å². The van der Waals surface area contributed by atoms with Gasteiger partial charge in [0.05, 0.1) is 12.7 Å². The lowest BCUT2D eigenvalue weighted by molar-refractivity contribution is -0.117. The van der Waals surface area contributed by atoms with Crippen LogP contribution in [0.25, 0.3) is 0 Å². The van der Waals surface area contributed by atoms with Crippen LogP contribution in [0, 0.1) is 6.92 Å². The van der Waals surface area contributed by atoms with Crippen molar-refractivity contribution in [1.82, 2.24) is 10.9 Å². The topological polar surface area (TPSA) is 79.5 Å². The Morgan fingerprint density at radius 2 is 1.72 bits per heavy atom. The number of aryl methyl sites for hydroxylation is 1. The average molecular weight is 339 g/mol. The maximum Gasteiger partial charge on any atom is 0.337 e. The van der Waals surface area contributed by atoms with E-state index in [1.54, 1.807) is 24.3 Å². The monoisotopic (exact) mass is 339 g/mol. The summed E-state index contributed by atoms with van der Waals surface area (Å²) in [6.45, 7) is 2.05. The van der Waals surface area contributed by atoms with Crippen molar-refractivity contribution in [3.8, 4) is 0 Å². The summed E-state index contributed by atoms with van der Waals surface area (Å²) in [5.74, 6) is -0.520. The van der Waals surface area contributed by atoms with Gasteiger partial charge >= 0.3 is 5.97 Å². The van der Waals surface area contributed by atoms with Gasteiger partial charge in [0.15, 0.2) is 0 Å². The highest BCUT2D eigenvalue weighted by atomic mass is 16.5. The van der Waals surface area contributed by atoms with Crippen molar-refractivity contribution in [2.45, 2.75) is 25.4 Å². The van der Waals surface area contributed by atoms with Gasteiger partial charge in [0.1, 0.15) is 6.04 Å². The minimum absolute atomic E-state index is 0.0954. The molecule has 0 spiro atoms. The van der Waals surface area contributed by atoms with Gasteiger partial charge in [-0.2, -0.15) is 0 Å². The van der Waals surface area contributed by atoms with Crippen molar-refractivity contribution < 1.29 is 14.3 Å². The maximum absolute atomic E-state index is 12.4. The highest BCUT2D eigenvalue weighted by Crippen LogP contribution is 2.23. The third-order valence-electron chi connectivity index (χ3n) is 4.27. The van der Waals surface area contributed by atoms with Gasteiger partial charge in [0.2, 0.25) is 5.91 Å². The first-order chi connectivity index (χ1) is 12.1. The molecule has 6 heteroatoms. The molecule has 1 heterocycles. The summed E-state index contributed by atoms with van der Waals surface area (Å²) >= 11 is 0. The molecule has 1 fully saturated rings. The molecule has 25 heavy (non-hydrogen) atoms. The number of methoxy groups -OCH3 is 1. The first kappa shape index (κ1) is 17.1. The number of nitrogens with one attached hydrogen (secondary N) is 3. The first-order valence-corrected chi connectivity index (χ1v) is 8.13. The van der Waals surface area contributed by atoms with Crippen LogP contribution < -0.4 is 16.2 Å². The van der Waals surface area contributed by atoms with Crippen molar-refractivity contribution in [3.05, 3.63) is 65.2 Å². The van der Waals surface area contributed by atoms with Crippen LogP contribution in [0.4, 0.5) is 5.69 Å². The van der Waals surface area contributed by atoms with Crippen LogP contribution >= 0.6 is 0 Å². The van der Waals surface area contributed by atoms with E-state index in [1.165, 1.54) is 12.7 Å². The molecule has 2 atom stereocenters. The molecule has 1 saturated heterocycles. The lowest BCUT2D eigenvalue weighted by Crippen LogP contribution is -2.39. The number of esters is 1. The zero-order chi connectivity index (χ0) is 17.8. The Balaban J connectivity index is 1.59. The van der Waals surface area contributed by atoms with E-state index in [0.29, 0.717) is 17.7 Å². The van der Waals surface area contributed by atoms with Crippen molar-refractivity contribution in [1.29, 1.82) is 0 Å². The van der Waals surface area contributed by atoms with Gasteiger partial charge in [-0.3, -0.25) is 4.79 Å². The van der Waals surface area contributed by atoms with E-state index in [4.69, 9.17) is 0 Å². The molecule has 1 amide bonds. The maximum atomic E-state index is 12.4. The zero-order valence-corrected chi connectivity index (χ0v) is 14.2. The van der Waals surface area contributed by atoms with Crippen LogP contribution in [0.15, 0.2) is 48.5 Å². The summed E-state index contributed by atoms with van der Waals surface area (Å²) in [7, 11) is 1.33. The van der Waals surface area contributed by atoms with Gasteiger partial charge in [0, 0.05) is 11.7 Å². The number of hydrogen-bond donors (Lipinski definition) is 3. The van der Waals surface area contributed by atoms with Crippen LogP contribution in [-0.2, 0) is 9.53 Å². The summed E-state index contributed by atoms with van der Waals surface area (Å²) in [6, 6.07) is 14.6. The fourth-order valence-electron chi connectivity index (χ4n) is 2.78. The predicted molar refractivity (Wildman–Crippen MR) is 95.0 cm³/mol. The number of carbonyl (C=O) groups excluding carboxylic acids is 2. The number of rotatable bonds is 4. The molecule has 130 valence electrons. The third kappa shape index (κ3) is 4.04. The molecule has 0 aliphatic carbocycles. The largest absolute Gasteiger partial charge is 0.465 e. The molecule has 0 bridgehead atoms. The first-order valence-electron chi connectivity index (χ1n) is 8.13. The van der Waals surface area contributed by atoms with Gasteiger partial charge in [0.25, 0.3) is 0 Å². The highest BCUT2D eigenvalue weighted by Gasteiger charge is 2.30. The standard InChI is InChI=1S/C19H21N3O3/c1-12-3-5-13(6-4-12)16-11-17(22-21-16)18(23)20-15-9-7-14(8-10-15)19(24)25-2/h3-10,16-17,21-22H,11H2,1-2H3,(H,20,23). The third-order valence-corrected chi connectivity index (χ3v) is 4.27. The molecular weight excluding hydrogens is 318 g/mol. The van der Waals surface area contributed by atoms with E-state index in [1.807, 2.05) is 6.92 Å². The fourth-order valence-corrected chi connectivity index (χ4v) is 2.78. The van der Waals surface area contributed by atoms with Crippen LogP contribution in [0.3, 0.4) is 0 Å². The van der Waals surface area contributed by atoms with Crippen molar-refractivity contribution in [2.75, 3.05) is 12.4 Å². The molecule has 0 radical (unpaired) electrons. The number of hydrazine groups is 1. The highest BCUT2D eigenvalue weighted by molar-refractivity contribution is 5.96. The molecule has 3 rings (SSSR count). The SMILES string of the molecule is COC(=O)c1ccc(NC(=O)C2CC(c3ccc(C)cc3)NN2)cc1. The molecule has 1 aliphatic rings. The summed E-state index contributed by atoms with van der Waals surface area (Å²) in [5, 5.41) is 2.86.